The average Bonchev–Trinajstić information content (AvgIpc) is 2.91. The van der Waals surface area contributed by atoms with Crippen LogP contribution in [0.1, 0.15) is 38.8 Å². The molecule has 0 aromatic heterocycles. The molecule has 2 rings (SSSR count). The predicted molar refractivity (Wildman–Crippen MR) is 150 cm³/mol. The highest BCUT2D eigenvalue weighted by atomic mass is 16.4. The lowest BCUT2D eigenvalue weighted by Crippen LogP contribution is -2.59. The van der Waals surface area contributed by atoms with Crippen LogP contribution in [0.2, 0.25) is 0 Å². The number of amides is 4. The van der Waals surface area contributed by atoms with Gasteiger partial charge in [-0.3, -0.25) is 24.0 Å². The van der Waals surface area contributed by atoms with Gasteiger partial charge in [-0.25, -0.2) is 0 Å². The quantitative estimate of drug-likeness (QED) is 0.197. The smallest absolute Gasteiger partial charge is 0.325 e. The van der Waals surface area contributed by atoms with Crippen LogP contribution in [0.25, 0.3) is 0 Å². The Bertz CT molecular complexity index is 1160. The Labute approximate surface area is 234 Å². The molecule has 7 N–H and O–H groups in total. The van der Waals surface area contributed by atoms with Crippen LogP contribution in [-0.4, -0.2) is 64.9 Å². The molecule has 0 radical (unpaired) electrons. The number of aliphatic carboxylic acids is 1. The summed E-state index contributed by atoms with van der Waals surface area (Å²) in [5.41, 5.74) is 7.15. The highest BCUT2D eigenvalue weighted by Gasteiger charge is 2.32. The van der Waals surface area contributed by atoms with Crippen molar-refractivity contribution in [2.75, 3.05) is 0 Å². The van der Waals surface area contributed by atoms with Crippen molar-refractivity contribution in [2.24, 2.45) is 11.7 Å². The van der Waals surface area contributed by atoms with Crippen molar-refractivity contribution in [2.45, 2.75) is 70.7 Å². The zero-order chi connectivity index (χ0) is 29.8. The molecule has 0 bridgehead atoms. The van der Waals surface area contributed by atoms with Crippen molar-refractivity contribution in [1.82, 2.24) is 21.3 Å². The standard InChI is InChI=1S/C29H39N5O6/c1-17(2)24(34-25(35)18(3)30)28(38)33-23(16-21-13-9-6-10-14-21)27(37)32-22(15-20-11-7-5-8-12-20)26(36)31-19(4)29(39)40/h5-14,17-19,22-24H,15-16,30H2,1-4H3,(H,31,36)(H,32,37)(H,33,38)(H,34,35)(H,39,40). The number of hydrogen-bond acceptors (Lipinski definition) is 6. The van der Waals surface area contributed by atoms with E-state index in [9.17, 15) is 29.1 Å². The van der Waals surface area contributed by atoms with Crippen molar-refractivity contribution in [3.8, 4) is 0 Å². The average molecular weight is 554 g/mol. The fraction of sp³-hybridized carbons (Fsp3) is 0.414. The second kappa shape index (κ2) is 15.4. The van der Waals surface area contributed by atoms with Crippen LogP contribution in [-0.2, 0) is 36.8 Å². The third kappa shape index (κ3) is 10.1. The van der Waals surface area contributed by atoms with E-state index in [1.807, 2.05) is 12.1 Å². The van der Waals surface area contributed by atoms with Gasteiger partial charge in [0.05, 0.1) is 6.04 Å². The normalized spacial score (nSPS) is 14.7. The molecule has 5 unspecified atom stereocenters. The first-order valence-electron chi connectivity index (χ1n) is 13.2. The van der Waals surface area contributed by atoms with Gasteiger partial charge in [0, 0.05) is 12.8 Å². The molecule has 11 heteroatoms. The van der Waals surface area contributed by atoms with Gasteiger partial charge in [-0.15, -0.1) is 0 Å². The zero-order valence-electron chi connectivity index (χ0n) is 23.2. The number of nitrogens with one attached hydrogen (secondary N) is 4. The lowest BCUT2D eigenvalue weighted by atomic mass is 9.99. The van der Waals surface area contributed by atoms with Gasteiger partial charge < -0.3 is 32.1 Å². The maximum atomic E-state index is 13.6. The van der Waals surface area contributed by atoms with E-state index in [2.05, 4.69) is 21.3 Å². The van der Waals surface area contributed by atoms with Crippen LogP contribution in [0.15, 0.2) is 60.7 Å². The summed E-state index contributed by atoms with van der Waals surface area (Å²) in [5, 5.41) is 19.7. The maximum absolute atomic E-state index is 13.6. The molecule has 5 atom stereocenters. The molecule has 11 nitrogen and oxygen atoms in total. The number of rotatable bonds is 14. The van der Waals surface area contributed by atoms with Crippen molar-refractivity contribution in [3.05, 3.63) is 71.8 Å². The Morgan fingerprint density at radius 3 is 1.48 bits per heavy atom. The Hall–Kier alpha value is -4.25. The van der Waals surface area contributed by atoms with Crippen molar-refractivity contribution in [1.29, 1.82) is 0 Å². The van der Waals surface area contributed by atoms with E-state index in [0.717, 1.165) is 11.1 Å². The minimum Gasteiger partial charge on any atom is -0.480 e. The van der Waals surface area contributed by atoms with E-state index >= 15 is 0 Å². The summed E-state index contributed by atoms with van der Waals surface area (Å²) in [5.74, 6) is -3.94. The summed E-state index contributed by atoms with van der Waals surface area (Å²) >= 11 is 0. The molecule has 0 aliphatic carbocycles. The topological polar surface area (TPSA) is 180 Å². The van der Waals surface area contributed by atoms with Gasteiger partial charge in [0.25, 0.3) is 0 Å². The van der Waals surface area contributed by atoms with E-state index in [1.54, 1.807) is 62.4 Å². The second-order valence-electron chi connectivity index (χ2n) is 10.1. The maximum Gasteiger partial charge on any atom is 0.325 e. The van der Waals surface area contributed by atoms with Crippen LogP contribution in [0, 0.1) is 5.92 Å². The summed E-state index contributed by atoms with van der Waals surface area (Å²) < 4.78 is 0. The van der Waals surface area contributed by atoms with Gasteiger partial charge in [-0.1, -0.05) is 74.5 Å². The lowest BCUT2D eigenvalue weighted by Gasteiger charge is -2.27. The fourth-order valence-electron chi connectivity index (χ4n) is 3.85. The first kappa shape index (κ1) is 32.0. The van der Waals surface area contributed by atoms with Gasteiger partial charge in [-0.2, -0.15) is 0 Å². The Balaban J connectivity index is 2.33. The van der Waals surface area contributed by atoms with E-state index in [-0.39, 0.29) is 18.8 Å². The molecule has 0 spiro atoms. The third-order valence-corrected chi connectivity index (χ3v) is 6.22. The first-order chi connectivity index (χ1) is 18.9. The predicted octanol–water partition coefficient (Wildman–Crippen LogP) is 0.519. The third-order valence-electron chi connectivity index (χ3n) is 6.22. The van der Waals surface area contributed by atoms with E-state index < -0.39 is 59.8 Å². The fourth-order valence-corrected chi connectivity index (χ4v) is 3.85. The summed E-state index contributed by atoms with van der Waals surface area (Å²) in [6.07, 6.45) is 0.200. The van der Waals surface area contributed by atoms with Gasteiger partial charge in [0.1, 0.15) is 24.2 Å². The molecule has 4 amide bonds. The largest absolute Gasteiger partial charge is 0.480 e. The number of carbonyl (C=O) groups is 5. The molecule has 2 aromatic rings. The zero-order valence-corrected chi connectivity index (χ0v) is 23.2. The van der Waals surface area contributed by atoms with Crippen molar-refractivity contribution in [3.63, 3.8) is 0 Å². The van der Waals surface area contributed by atoms with Crippen LogP contribution >= 0.6 is 0 Å². The number of carboxylic acid groups (broad SMARTS) is 1. The Morgan fingerprint density at radius 1 is 0.650 bits per heavy atom. The molecule has 40 heavy (non-hydrogen) atoms. The summed E-state index contributed by atoms with van der Waals surface area (Å²) in [6.45, 7) is 6.33. The van der Waals surface area contributed by atoms with Gasteiger partial charge in [-0.05, 0) is 30.9 Å². The molecular weight excluding hydrogens is 514 g/mol. The molecule has 0 aliphatic heterocycles. The molecule has 216 valence electrons. The lowest BCUT2D eigenvalue weighted by molar-refractivity contribution is -0.141. The van der Waals surface area contributed by atoms with Crippen molar-refractivity contribution < 1.29 is 29.1 Å². The molecule has 0 aliphatic rings. The number of carbonyl (C=O) groups excluding carboxylic acids is 4. The van der Waals surface area contributed by atoms with Crippen molar-refractivity contribution >= 4 is 29.6 Å². The summed E-state index contributed by atoms with van der Waals surface area (Å²) in [4.78, 5) is 63.5. The number of benzene rings is 2. The highest BCUT2D eigenvalue weighted by Crippen LogP contribution is 2.09. The highest BCUT2D eigenvalue weighted by molar-refractivity contribution is 5.95. The van der Waals surface area contributed by atoms with Gasteiger partial charge in [0.2, 0.25) is 23.6 Å². The molecule has 2 aromatic carbocycles. The number of nitrogens with two attached hydrogens (primary N) is 1. The Kier molecular flexibility index (Phi) is 12.3. The summed E-state index contributed by atoms with van der Waals surface area (Å²) in [7, 11) is 0. The van der Waals surface area contributed by atoms with Gasteiger partial charge >= 0.3 is 5.97 Å². The van der Waals surface area contributed by atoms with Gasteiger partial charge in [0.15, 0.2) is 0 Å². The molecule has 0 heterocycles. The SMILES string of the molecule is CC(N)C(=O)NC(C(=O)NC(Cc1ccccc1)C(=O)NC(Cc1ccccc1)C(=O)NC(C)C(=O)O)C(C)C. The second-order valence-corrected chi connectivity index (χ2v) is 10.1. The van der Waals surface area contributed by atoms with Crippen LogP contribution in [0.4, 0.5) is 0 Å². The molecular formula is C29H39N5O6. The first-order valence-corrected chi connectivity index (χ1v) is 13.2. The molecule has 0 fully saturated rings. The van der Waals surface area contributed by atoms with E-state index in [0.29, 0.717) is 0 Å². The minimum absolute atomic E-state index is 0.0931. The van der Waals surface area contributed by atoms with Crippen LogP contribution < -0.4 is 27.0 Å². The van der Waals surface area contributed by atoms with E-state index in [1.165, 1.54) is 13.8 Å². The number of carboxylic acids is 1. The molecule has 0 saturated heterocycles. The Morgan fingerprint density at radius 2 is 1.07 bits per heavy atom. The summed E-state index contributed by atoms with van der Waals surface area (Å²) in [6, 6.07) is 12.8. The van der Waals surface area contributed by atoms with Crippen LogP contribution in [0.5, 0.6) is 0 Å². The van der Waals surface area contributed by atoms with Crippen LogP contribution in [0.3, 0.4) is 0 Å². The molecule has 0 saturated carbocycles. The van der Waals surface area contributed by atoms with E-state index in [4.69, 9.17) is 5.73 Å². The number of hydrogen-bond donors (Lipinski definition) is 6. The minimum atomic E-state index is -1.22. The monoisotopic (exact) mass is 553 g/mol.